The van der Waals surface area contributed by atoms with Crippen LogP contribution in [0.1, 0.15) is 24.5 Å². The maximum atomic E-state index is 12.9. The third-order valence-electron chi connectivity index (χ3n) is 5.12. The smallest absolute Gasteiger partial charge is 0.263 e. The number of para-hydroxylation sites is 1. The zero-order valence-corrected chi connectivity index (χ0v) is 15.9. The summed E-state index contributed by atoms with van der Waals surface area (Å²) in [5.41, 5.74) is 3.63. The molecule has 3 rings (SSSR count). The lowest BCUT2D eigenvalue weighted by atomic mass is 10.1. The summed E-state index contributed by atoms with van der Waals surface area (Å²) < 4.78 is 6.02. The first-order valence-corrected chi connectivity index (χ1v) is 9.41. The van der Waals surface area contributed by atoms with E-state index < -0.39 is 6.10 Å². The van der Waals surface area contributed by atoms with Crippen molar-refractivity contribution in [3.8, 4) is 5.75 Å². The molecule has 0 radical (unpaired) electrons. The number of rotatable bonds is 5. The first-order chi connectivity index (χ1) is 12.6. The lowest BCUT2D eigenvalue weighted by molar-refractivity contribution is -0.139. The molecule has 4 nitrogen and oxygen atoms in total. The van der Waals surface area contributed by atoms with Crippen molar-refractivity contribution in [1.29, 1.82) is 0 Å². The van der Waals surface area contributed by atoms with E-state index in [2.05, 4.69) is 43.0 Å². The number of aryl methyl sites for hydroxylation is 2. The number of nitrogens with zero attached hydrogens (tertiary/aromatic N) is 2. The molecule has 1 aliphatic heterocycles. The normalized spacial score (nSPS) is 15.7. The van der Waals surface area contributed by atoms with E-state index in [1.807, 2.05) is 36.1 Å². The zero-order valence-electron chi connectivity index (χ0n) is 15.9. The van der Waals surface area contributed by atoms with E-state index in [-0.39, 0.29) is 5.91 Å². The molecule has 0 saturated carbocycles. The molecular weight excluding hydrogens is 324 g/mol. The third kappa shape index (κ3) is 4.18. The van der Waals surface area contributed by atoms with Gasteiger partial charge in [-0.1, -0.05) is 31.2 Å². The van der Waals surface area contributed by atoms with Crippen molar-refractivity contribution >= 4 is 11.6 Å². The largest absolute Gasteiger partial charge is 0.481 e. The second kappa shape index (κ2) is 8.26. The number of hydrogen-bond acceptors (Lipinski definition) is 3. The molecule has 4 heteroatoms. The fraction of sp³-hybridized carbons (Fsp3) is 0.409. The fourth-order valence-electron chi connectivity index (χ4n) is 3.29. The van der Waals surface area contributed by atoms with Gasteiger partial charge in [0.2, 0.25) is 0 Å². The quantitative estimate of drug-likeness (QED) is 0.820. The van der Waals surface area contributed by atoms with Gasteiger partial charge in [-0.2, -0.15) is 0 Å². The number of anilines is 1. The van der Waals surface area contributed by atoms with Gasteiger partial charge >= 0.3 is 0 Å². The van der Waals surface area contributed by atoms with Crippen molar-refractivity contribution in [2.24, 2.45) is 0 Å². The molecule has 1 heterocycles. The van der Waals surface area contributed by atoms with Crippen LogP contribution in [0.15, 0.2) is 48.5 Å². The Morgan fingerprint density at radius 3 is 2.31 bits per heavy atom. The molecule has 2 aromatic carbocycles. The predicted octanol–water partition coefficient (Wildman–Crippen LogP) is 3.81. The van der Waals surface area contributed by atoms with E-state index in [0.717, 1.165) is 31.9 Å². The van der Waals surface area contributed by atoms with Crippen LogP contribution in [0, 0.1) is 13.8 Å². The third-order valence-corrected chi connectivity index (χ3v) is 5.12. The Balaban J connectivity index is 1.60. The molecule has 26 heavy (non-hydrogen) atoms. The first-order valence-electron chi connectivity index (χ1n) is 9.41. The molecule has 1 amide bonds. The SMILES string of the molecule is CC[C@H](Oc1ccc(C)c(C)c1)C(=O)N1CCN(c2ccccc2)CC1. The average molecular weight is 352 g/mol. The Morgan fingerprint density at radius 2 is 1.69 bits per heavy atom. The van der Waals surface area contributed by atoms with Gasteiger partial charge in [0.25, 0.3) is 5.91 Å². The van der Waals surface area contributed by atoms with Gasteiger partial charge in [0.15, 0.2) is 6.10 Å². The van der Waals surface area contributed by atoms with Gasteiger partial charge in [-0.05, 0) is 55.7 Å². The summed E-state index contributed by atoms with van der Waals surface area (Å²) in [4.78, 5) is 17.2. The van der Waals surface area contributed by atoms with Crippen LogP contribution >= 0.6 is 0 Å². The van der Waals surface area contributed by atoms with E-state index in [1.165, 1.54) is 16.8 Å². The Bertz CT molecular complexity index is 737. The predicted molar refractivity (Wildman–Crippen MR) is 106 cm³/mol. The van der Waals surface area contributed by atoms with Gasteiger partial charge < -0.3 is 14.5 Å². The maximum absolute atomic E-state index is 12.9. The Hall–Kier alpha value is -2.49. The average Bonchev–Trinajstić information content (AvgIpc) is 2.69. The summed E-state index contributed by atoms with van der Waals surface area (Å²) in [7, 11) is 0. The van der Waals surface area contributed by atoms with Crippen molar-refractivity contribution in [1.82, 2.24) is 4.90 Å². The summed E-state index contributed by atoms with van der Waals surface area (Å²) in [6, 6.07) is 16.4. The topological polar surface area (TPSA) is 32.8 Å². The monoisotopic (exact) mass is 352 g/mol. The van der Waals surface area contributed by atoms with Crippen molar-refractivity contribution in [2.75, 3.05) is 31.1 Å². The lowest BCUT2D eigenvalue weighted by Crippen LogP contribution is -2.52. The molecule has 0 N–H and O–H groups in total. The van der Waals surface area contributed by atoms with Crippen LogP contribution in [0.4, 0.5) is 5.69 Å². The molecule has 0 spiro atoms. The molecular formula is C22H28N2O2. The summed E-state index contributed by atoms with van der Waals surface area (Å²) >= 11 is 0. The molecule has 1 saturated heterocycles. The highest BCUT2D eigenvalue weighted by molar-refractivity contribution is 5.81. The maximum Gasteiger partial charge on any atom is 0.263 e. The highest BCUT2D eigenvalue weighted by Gasteiger charge is 2.28. The molecule has 0 unspecified atom stereocenters. The van der Waals surface area contributed by atoms with Crippen molar-refractivity contribution in [3.63, 3.8) is 0 Å². The van der Waals surface area contributed by atoms with E-state index >= 15 is 0 Å². The molecule has 1 atom stereocenters. The van der Waals surface area contributed by atoms with Crippen LogP contribution in [0.5, 0.6) is 5.75 Å². The fourth-order valence-corrected chi connectivity index (χ4v) is 3.29. The van der Waals surface area contributed by atoms with Gasteiger partial charge in [-0.25, -0.2) is 0 Å². The highest BCUT2D eigenvalue weighted by atomic mass is 16.5. The number of carbonyl (C=O) groups excluding carboxylic acids is 1. The molecule has 1 fully saturated rings. The van der Waals surface area contributed by atoms with E-state index in [4.69, 9.17) is 4.74 Å². The molecule has 138 valence electrons. The van der Waals surface area contributed by atoms with Crippen LogP contribution in [0.25, 0.3) is 0 Å². The van der Waals surface area contributed by atoms with Gasteiger partial charge in [0, 0.05) is 31.9 Å². The Morgan fingerprint density at radius 1 is 1.00 bits per heavy atom. The zero-order chi connectivity index (χ0) is 18.5. The van der Waals surface area contributed by atoms with Gasteiger partial charge in [0.05, 0.1) is 0 Å². The minimum Gasteiger partial charge on any atom is -0.481 e. The Kier molecular flexibility index (Phi) is 5.82. The summed E-state index contributed by atoms with van der Waals surface area (Å²) in [5.74, 6) is 0.870. The number of carbonyl (C=O) groups is 1. The number of amides is 1. The second-order valence-corrected chi connectivity index (χ2v) is 6.91. The van der Waals surface area contributed by atoms with Crippen LogP contribution < -0.4 is 9.64 Å². The van der Waals surface area contributed by atoms with E-state index in [1.54, 1.807) is 0 Å². The van der Waals surface area contributed by atoms with E-state index in [9.17, 15) is 4.79 Å². The van der Waals surface area contributed by atoms with Crippen LogP contribution in [0.2, 0.25) is 0 Å². The Labute approximate surface area is 156 Å². The minimum atomic E-state index is -0.416. The standard InChI is InChI=1S/C22H28N2O2/c1-4-21(26-20-11-10-17(2)18(3)16-20)22(25)24-14-12-23(13-15-24)19-8-6-5-7-9-19/h5-11,16,21H,4,12-15H2,1-3H3/t21-/m0/s1. The number of hydrogen-bond donors (Lipinski definition) is 0. The number of ether oxygens (including phenoxy) is 1. The van der Waals surface area contributed by atoms with Crippen molar-refractivity contribution < 1.29 is 9.53 Å². The summed E-state index contributed by atoms with van der Waals surface area (Å²) in [6.45, 7) is 9.33. The van der Waals surface area contributed by atoms with Crippen LogP contribution in [-0.4, -0.2) is 43.1 Å². The highest BCUT2D eigenvalue weighted by Crippen LogP contribution is 2.20. The summed E-state index contributed by atoms with van der Waals surface area (Å²) in [5, 5.41) is 0. The molecule has 0 aromatic heterocycles. The van der Waals surface area contributed by atoms with E-state index in [0.29, 0.717) is 6.42 Å². The lowest BCUT2D eigenvalue weighted by Gasteiger charge is -2.37. The van der Waals surface area contributed by atoms with Crippen molar-refractivity contribution in [2.45, 2.75) is 33.3 Å². The number of benzene rings is 2. The van der Waals surface area contributed by atoms with Gasteiger partial charge in [-0.15, -0.1) is 0 Å². The van der Waals surface area contributed by atoms with Gasteiger partial charge in [0.1, 0.15) is 5.75 Å². The first kappa shape index (κ1) is 18.3. The molecule has 2 aromatic rings. The van der Waals surface area contributed by atoms with Crippen LogP contribution in [0.3, 0.4) is 0 Å². The number of piperazine rings is 1. The minimum absolute atomic E-state index is 0.0958. The van der Waals surface area contributed by atoms with Crippen LogP contribution in [-0.2, 0) is 4.79 Å². The summed E-state index contributed by atoms with van der Waals surface area (Å²) in [6.07, 6.45) is 0.255. The molecule has 0 bridgehead atoms. The van der Waals surface area contributed by atoms with Crippen molar-refractivity contribution in [3.05, 3.63) is 59.7 Å². The molecule has 1 aliphatic rings. The second-order valence-electron chi connectivity index (χ2n) is 6.91. The molecule has 0 aliphatic carbocycles. The van der Waals surface area contributed by atoms with Gasteiger partial charge in [-0.3, -0.25) is 4.79 Å².